The average molecular weight is 289 g/mol. The fraction of sp³-hybridized carbons (Fsp3) is 0.400. The molecule has 1 atom stereocenters. The number of nitrogens with one attached hydrogen (secondary N) is 2. The third-order valence-corrected chi connectivity index (χ3v) is 3.34. The standard InChI is InChI=1S/C15H19N3O3/c1-3-15(2,14(20)21)17-10-13(19)18-12-6-4-11(5-7-12)8-9-16/h4-7,17H,3,8,10H2,1-2H3,(H,18,19)(H,20,21). The average Bonchev–Trinajstić information content (AvgIpc) is 2.47. The third-order valence-electron chi connectivity index (χ3n) is 3.34. The molecule has 0 aliphatic rings. The molecule has 0 aliphatic carbocycles. The van der Waals surface area contributed by atoms with Gasteiger partial charge in [-0.15, -0.1) is 0 Å². The fourth-order valence-corrected chi connectivity index (χ4v) is 1.63. The van der Waals surface area contributed by atoms with E-state index in [9.17, 15) is 9.59 Å². The van der Waals surface area contributed by atoms with Crippen LogP contribution in [-0.4, -0.2) is 29.1 Å². The van der Waals surface area contributed by atoms with Crippen LogP contribution in [0.3, 0.4) is 0 Å². The van der Waals surface area contributed by atoms with E-state index >= 15 is 0 Å². The predicted octanol–water partition coefficient (Wildman–Crippen LogP) is 1.53. The van der Waals surface area contributed by atoms with Crippen molar-refractivity contribution in [1.29, 1.82) is 5.26 Å². The molecule has 0 radical (unpaired) electrons. The van der Waals surface area contributed by atoms with Crippen molar-refractivity contribution >= 4 is 17.6 Å². The number of carboxylic acid groups (broad SMARTS) is 1. The molecule has 112 valence electrons. The van der Waals surface area contributed by atoms with Crippen molar-refractivity contribution < 1.29 is 14.7 Å². The highest BCUT2D eigenvalue weighted by Crippen LogP contribution is 2.11. The number of anilines is 1. The number of rotatable bonds is 7. The van der Waals surface area contributed by atoms with Crippen molar-refractivity contribution in [3.8, 4) is 6.07 Å². The highest BCUT2D eigenvalue weighted by molar-refractivity contribution is 5.92. The SMILES string of the molecule is CCC(C)(NCC(=O)Nc1ccc(CC#N)cc1)C(=O)O. The van der Waals surface area contributed by atoms with Gasteiger partial charge in [-0.05, 0) is 31.0 Å². The zero-order valence-electron chi connectivity index (χ0n) is 12.1. The van der Waals surface area contributed by atoms with Crippen LogP contribution in [0.4, 0.5) is 5.69 Å². The minimum absolute atomic E-state index is 0.0867. The highest BCUT2D eigenvalue weighted by Gasteiger charge is 2.30. The Kier molecular flexibility index (Phi) is 5.88. The van der Waals surface area contributed by atoms with Crippen LogP contribution in [0.15, 0.2) is 24.3 Å². The first-order valence-corrected chi connectivity index (χ1v) is 6.65. The topological polar surface area (TPSA) is 102 Å². The van der Waals surface area contributed by atoms with Gasteiger partial charge in [0, 0.05) is 5.69 Å². The molecule has 21 heavy (non-hydrogen) atoms. The van der Waals surface area contributed by atoms with Crippen LogP contribution >= 0.6 is 0 Å². The summed E-state index contributed by atoms with van der Waals surface area (Å²) in [5.41, 5.74) is 0.364. The van der Waals surface area contributed by atoms with E-state index in [4.69, 9.17) is 10.4 Å². The lowest BCUT2D eigenvalue weighted by atomic mass is 9.99. The predicted molar refractivity (Wildman–Crippen MR) is 78.7 cm³/mol. The molecule has 0 saturated heterocycles. The Bertz CT molecular complexity index is 548. The Labute approximate surface area is 123 Å². The second-order valence-corrected chi connectivity index (χ2v) is 4.92. The summed E-state index contributed by atoms with van der Waals surface area (Å²) in [7, 11) is 0. The van der Waals surface area contributed by atoms with E-state index < -0.39 is 11.5 Å². The molecular weight excluding hydrogens is 270 g/mol. The number of amides is 1. The summed E-state index contributed by atoms with van der Waals surface area (Å²) in [5.74, 6) is -1.30. The van der Waals surface area contributed by atoms with Crippen LogP contribution < -0.4 is 10.6 Å². The monoisotopic (exact) mass is 289 g/mol. The molecule has 0 heterocycles. The van der Waals surface area contributed by atoms with E-state index in [2.05, 4.69) is 10.6 Å². The molecule has 0 fully saturated rings. The summed E-state index contributed by atoms with van der Waals surface area (Å²) >= 11 is 0. The van der Waals surface area contributed by atoms with Crippen molar-refractivity contribution in [1.82, 2.24) is 5.32 Å². The second-order valence-electron chi connectivity index (χ2n) is 4.92. The summed E-state index contributed by atoms with van der Waals surface area (Å²) in [6.07, 6.45) is 0.696. The molecular formula is C15H19N3O3. The normalized spacial score (nSPS) is 13.0. The first-order chi connectivity index (χ1) is 9.91. The van der Waals surface area contributed by atoms with Gasteiger partial charge >= 0.3 is 5.97 Å². The number of carbonyl (C=O) groups is 2. The largest absolute Gasteiger partial charge is 0.480 e. The van der Waals surface area contributed by atoms with E-state index in [1.807, 2.05) is 6.07 Å². The summed E-state index contributed by atoms with van der Waals surface area (Å²) in [4.78, 5) is 22.9. The lowest BCUT2D eigenvalue weighted by molar-refractivity contribution is -0.144. The van der Waals surface area contributed by atoms with Crippen LogP contribution in [-0.2, 0) is 16.0 Å². The molecule has 3 N–H and O–H groups in total. The number of carbonyl (C=O) groups excluding carboxylic acids is 1. The molecule has 1 unspecified atom stereocenters. The minimum atomic E-state index is -1.12. The maximum Gasteiger partial charge on any atom is 0.323 e. The van der Waals surface area contributed by atoms with Gasteiger partial charge in [0.15, 0.2) is 0 Å². The summed E-state index contributed by atoms with van der Waals surface area (Å²) in [6.45, 7) is 3.20. The number of carboxylic acids is 1. The van der Waals surface area contributed by atoms with E-state index in [0.717, 1.165) is 5.56 Å². The molecule has 1 aromatic carbocycles. The first kappa shape index (κ1) is 16.7. The van der Waals surface area contributed by atoms with Crippen LogP contribution in [0, 0.1) is 11.3 Å². The maximum absolute atomic E-state index is 11.8. The van der Waals surface area contributed by atoms with Gasteiger partial charge in [0.05, 0.1) is 19.0 Å². The molecule has 6 heteroatoms. The van der Waals surface area contributed by atoms with Crippen molar-refractivity contribution in [3.63, 3.8) is 0 Å². The van der Waals surface area contributed by atoms with Gasteiger partial charge < -0.3 is 10.4 Å². The van der Waals surface area contributed by atoms with E-state index in [1.54, 1.807) is 38.1 Å². The van der Waals surface area contributed by atoms with E-state index in [1.165, 1.54) is 0 Å². The molecule has 1 rings (SSSR count). The fourth-order valence-electron chi connectivity index (χ4n) is 1.63. The summed E-state index contributed by atoms with van der Waals surface area (Å²) < 4.78 is 0. The number of nitriles is 1. The quantitative estimate of drug-likeness (QED) is 0.706. The Morgan fingerprint density at radius 1 is 1.33 bits per heavy atom. The van der Waals surface area contributed by atoms with Crippen LogP contribution in [0.25, 0.3) is 0 Å². The van der Waals surface area contributed by atoms with Gasteiger partial charge in [0.1, 0.15) is 5.54 Å². The van der Waals surface area contributed by atoms with Crippen molar-refractivity contribution in [3.05, 3.63) is 29.8 Å². The third kappa shape index (κ3) is 4.89. The number of hydrogen-bond donors (Lipinski definition) is 3. The van der Waals surface area contributed by atoms with E-state index in [0.29, 0.717) is 18.5 Å². The number of aliphatic carboxylic acids is 1. The van der Waals surface area contributed by atoms with Crippen LogP contribution in [0.5, 0.6) is 0 Å². The lowest BCUT2D eigenvalue weighted by Crippen LogP contribution is -2.51. The molecule has 6 nitrogen and oxygen atoms in total. The van der Waals surface area contributed by atoms with Gasteiger partial charge in [-0.1, -0.05) is 19.1 Å². The van der Waals surface area contributed by atoms with Gasteiger partial charge in [-0.25, -0.2) is 0 Å². The van der Waals surface area contributed by atoms with Gasteiger partial charge in [-0.2, -0.15) is 5.26 Å². The lowest BCUT2D eigenvalue weighted by Gasteiger charge is -2.24. The summed E-state index contributed by atoms with van der Waals surface area (Å²) in [5, 5.41) is 23.1. The van der Waals surface area contributed by atoms with Crippen molar-refractivity contribution in [2.75, 3.05) is 11.9 Å². The Morgan fingerprint density at radius 3 is 2.43 bits per heavy atom. The molecule has 0 aromatic heterocycles. The van der Waals surface area contributed by atoms with Crippen molar-refractivity contribution in [2.24, 2.45) is 0 Å². The zero-order chi connectivity index (χ0) is 15.9. The Balaban J connectivity index is 2.54. The second kappa shape index (κ2) is 7.41. The number of benzene rings is 1. The zero-order valence-corrected chi connectivity index (χ0v) is 12.1. The summed E-state index contributed by atoms with van der Waals surface area (Å²) in [6, 6.07) is 8.99. The maximum atomic E-state index is 11.8. The Morgan fingerprint density at radius 2 is 1.95 bits per heavy atom. The van der Waals surface area contributed by atoms with Gasteiger partial charge in [0.25, 0.3) is 0 Å². The van der Waals surface area contributed by atoms with Gasteiger partial charge in [0.2, 0.25) is 5.91 Å². The molecule has 0 saturated carbocycles. The number of hydrogen-bond acceptors (Lipinski definition) is 4. The smallest absolute Gasteiger partial charge is 0.323 e. The molecule has 0 aliphatic heterocycles. The number of nitrogens with zero attached hydrogens (tertiary/aromatic N) is 1. The molecule has 0 bridgehead atoms. The van der Waals surface area contributed by atoms with Crippen LogP contribution in [0.2, 0.25) is 0 Å². The van der Waals surface area contributed by atoms with Crippen molar-refractivity contribution in [2.45, 2.75) is 32.2 Å². The molecule has 1 amide bonds. The first-order valence-electron chi connectivity index (χ1n) is 6.65. The van der Waals surface area contributed by atoms with Gasteiger partial charge in [-0.3, -0.25) is 14.9 Å². The van der Waals surface area contributed by atoms with E-state index in [-0.39, 0.29) is 12.5 Å². The highest BCUT2D eigenvalue weighted by atomic mass is 16.4. The van der Waals surface area contributed by atoms with Crippen LogP contribution in [0.1, 0.15) is 25.8 Å². The molecule has 0 spiro atoms. The molecule has 1 aromatic rings. The Hall–Kier alpha value is -2.39. The minimum Gasteiger partial charge on any atom is -0.480 e.